The van der Waals surface area contributed by atoms with E-state index in [-0.39, 0.29) is 29.8 Å². The smallest absolute Gasteiger partial charge is 0.237 e. The molecule has 2 saturated heterocycles. The van der Waals surface area contributed by atoms with E-state index in [1.165, 1.54) is 5.56 Å². The molecule has 3 rings (SSSR count). The molecule has 142 valence electrons. The van der Waals surface area contributed by atoms with Crippen molar-refractivity contribution in [3.8, 4) is 0 Å². The Labute approximate surface area is 155 Å². The minimum Gasteiger partial charge on any atom is -0.359 e. The number of carbonyl (C=O) groups is 2. The van der Waals surface area contributed by atoms with Crippen molar-refractivity contribution in [3.63, 3.8) is 0 Å². The molecular formula is C20H30N4O2. The molecule has 2 heterocycles. The summed E-state index contributed by atoms with van der Waals surface area (Å²) in [5.41, 5.74) is 1.34. The highest BCUT2D eigenvalue weighted by Gasteiger charge is 2.37. The largest absolute Gasteiger partial charge is 0.359 e. The van der Waals surface area contributed by atoms with E-state index < -0.39 is 0 Å². The van der Waals surface area contributed by atoms with Gasteiger partial charge in [-0.3, -0.25) is 19.4 Å². The summed E-state index contributed by atoms with van der Waals surface area (Å²) in [4.78, 5) is 28.6. The van der Waals surface area contributed by atoms with Crippen LogP contribution in [0.3, 0.4) is 0 Å². The number of hydrogen-bond acceptors (Lipinski definition) is 4. The second-order valence-corrected chi connectivity index (χ2v) is 7.49. The van der Waals surface area contributed by atoms with Gasteiger partial charge in [-0.2, -0.15) is 0 Å². The van der Waals surface area contributed by atoms with E-state index in [2.05, 4.69) is 44.7 Å². The van der Waals surface area contributed by atoms with E-state index in [9.17, 15) is 9.59 Å². The monoisotopic (exact) mass is 358 g/mol. The molecule has 2 aliphatic heterocycles. The molecule has 26 heavy (non-hydrogen) atoms. The highest BCUT2D eigenvalue weighted by molar-refractivity contribution is 5.83. The van der Waals surface area contributed by atoms with Gasteiger partial charge < -0.3 is 10.6 Å². The third kappa shape index (κ3) is 4.62. The fourth-order valence-electron chi connectivity index (χ4n) is 3.76. The molecule has 1 aromatic rings. The van der Waals surface area contributed by atoms with Gasteiger partial charge in [-0.15, -0.1) is 0 Å². The Morgan fingerprint density at radius 3 is 2.42 bits per heavy atom. The fraction of sp³-hybridized carbons (Fsp3) is 0.600. The predicted octanol–water partition coefficient (Wildman–Crippen LogP) is 0.834. The average Bonchev–Trinajstić information content (AvgIpc) is 2.62. The maximum atomic E-state index is 12.5. The van der Waals surface area contributed by atoms with E-state index >= 15 is 0 Å². The normalized spacial score (nSPS) is 21.0. The van der Waals surface area contributed by atoms with Gasteiger partial charge in [0.05, 0.1) is 12.0 Å². The lowest BCUT2D eigenvalue weighted by molar-refractivity contribution is -0.137. The van der Waals surface area contributed by atoms with Crippen molar-refractivity contribution >= 4 is 11.8 Å². The first-order valence-corrected chi connectivity index (χ1v) is 9.59. The van der Waals surface area contributed by atoms with Gasteiger partial charge in [0.2, 0.25) is 11.8 Å². The van der Waals surface area contributed by atoms with Crippen molar-refractivity contribution in [1.29, 1.82) is 0 Å². The molecule has 0 saturated carbocycles. The van der Waals surface area contributed by atoms with Crippen molar-refractivity contribution in [2.24, 2.45) is 5.92 Å². The summed E-state index contributed by atoms with van der Waals surface area (Å²) in [6, 6.07) is 10.6. The molecule has 1 unspecified atom stereocenters. The lowest BCUT2D eigenvalue weighted by Gasteiger charge is -2.42. The third-order valence-electron chi connectivity index (χ3n) is 5.64. The molecular weight excluding hydrogens is 328 g/mol. The van der Waals surface area contributed by atoms with Gasteiger partial charge in [0.25, 0.3) is 0 Å². The second-order valence-electron chi connectivity index (χ2n) is 7.49. The minimum absolute atomic E-state index is 0.0245. The molecule has 0 aliphatic carbocycles. The zero-order valence-electron chi connectivity index (χ0n) is 15.8. The fourth-order valence-corrected chi connectivity index (χ4v) is 3.76. The van der Waals surface area contributed by atoms with Crippen LogP contribution in [0.2, 0.25) is 0 Å². The molecule has 2 aliphatic rings. The Kier molecular flexibility index (Phi) is 6.27. The van der Waals surface area contributed by atoms with Gasteiger partial charge in [-0.05, 0) is 25.3 Å². The molecule has 6 nitrogen and oxygen atoms in total. The molecule has 0 bridgehead atoms. The van der Waals surface area contributed by atoms with Gasteiger partial charge >= 0.3 is 0 Å². The first-order chi connectivity index (χ1) is 12.6. The van der Waals surface area contributed by atoms with Crippen LogP contribution in [0.25, 0.3) is 0 Å². The van der Waals surface area contributed by atoms with Crippen molar-refractivity contribution < 1.29 is 9.59 Å². The number of benzene rings is 1. The Morgan fingerprint density at radius 1 is 1.15 bits per heavy atom. The summed E-state index contributed by atoms with van der Waals surface area (Å²) < 4.78 is 0. The first kappa shape index (κ1) is 18.9. The molecule has 0 radical (unpaired) electrons. The maximum Gasteiger partial charge on any atom is 0.237 e. The molecule has 2 fully saturated rings. The van der Waals surface area contributed by atoms with Crippen LogP contribution in [0.1, 0.15) is 25.3 Å². The quantitative estimate of drug-likeness (QED) is 0.791. The van der Waals surface area contributed by atoms with E-state index in [0.29, 0.717) is 13.1 Å². The average molecular weight is 358 g/mol. The predicted molar refractivity (Wildman–Crippen MR) is 101 cm³/mol. The lowest BCUT2D eigenvalue weighted by atomic mass is 9.96. The zero-order chi connectivity index (χ0) is 18.5. The summed E-state index contributed by atoms with van der Waals surface area (Å²) in [5, 5.41) is 5.87. The van der Waals surface area contributed by atoms with Gasteiger partial charge in [0, 0.05) is 45.8 Å². The summed E-state index contributed by atoms with van der Waals surface area (Å²) in [6.45, 7) is 6.27. The lowest BCUT2D eigenvalue weighted by Crippen LogP contribution is -2.60. The number of carbonyl (C=O) groups excluding carboxylic acids is 2. The number of hydrogen-bond donors (Lipinski definition) is 2. The Balaban J connectivity index is 1.37. The van der Waals surface area contributed by atoms with E-state index in [1.54, 1.807) is 7.05 Å². The van der Waals surface area contributed by atoms with Crippen LogP contribution < -0.4 is 10.6 Å². The zero-order valence-corrected chi connectivity index (χ0v) is 15.8. The standard InChI is InChI=1S/C20H30N4O2/c1-15(24-13-17(14-24)20(26)21-2)19(25)22-18-8-10-23(11-9-18)12-16-6-4-3-5-7-16/h3-7,15,17-18H,8-14H2,1-2H3,(H,21,26)(H,22,25). The van der Waals surface area contributed by atoms with Crippen LogP contribution in [-0.2, 0) is 16.1 Å². The van der Waals surface area contributed by atoms with Crippen molar-refractivity contribution in [2.45, 2.75) is 38.4 Å². The minimum atomic E-state index is -0.168. The topological polar surface area (TPSA) is 64.7 Å². The molecule has 1 aromatic carbocycles. The molecule has 1 atom stereocenters. The van der Waals surface area contributed by atoms with Gasteiger partial charge in [0.1, 0.15) is 0 Å². The summed E-state index contributed by atoms with van der Waals surface area (Å²) in [7, 11) is 1.66. The highest BCUT2D eigenvalue weighted by Crippen LogP contribution is 2.19. The number of likely N-dealkylation sites (tertiary alicyclic amines) is 2. The van der Waals surface area contributed by atoms with Gasteiger partial charge in [-0.1, -0.05) is 30.3 Å². The Bertz CT molecular complexity index is 607. The Hall–Kier alpha value is -1.92. The summed E-state index contributed by atoms with van der Waals surface area (Å²) >= 11 is 0. The molecule has 6 heteroatoms. The number of amides is 2. The van der Waals surface area contributed by atoms with Gasteiger partial charge in [-0.25, -0.2) is 0 Å². The Morgan fingerprint density at radius 2 is 1.81 bits per heavy atom. The molecule has 0 spiro atoms. The summed E-state index contributed by atoms with van der Waals surface area (Å²) in [5.74, 6) is 0.179. The van der Waals surface area contributed by atoms with Crippen molar-refractivity contribution in [1.82, 2.24) is 20.4 Å². The van der Waals surface area contributed by atoms with Crippen LogP contribution in [0.5, 0.6) is 0 Å². The van der Waals surface area contributed by atoms with Crippen molar-refractivity contribution in [2.75, 3.05) is 33.2 Å². The molecule has 2 N–H and O–H groups in total. The van der Waals surface area contributed by atoms with E-state index in [1.807, 2.05) is 13.0 Å². The van der Waals surface area contributed by atoms with E-state index in [4.69, 9.17) is 0 Å². The number of rotatable bonds is 6. The van der Waals surface area contributed by atoms with Crippen LogP contribution >= 0.6 is 0 Å². The third-order valence-corrected chi connectivity index (χ3v) is 5.64. The summed E-state index contributed by atoms with van der Waals surface area (Å²) in [6.07, 6.45) is 1.98. The van der Waals surface area contributed by atoms with Gasteiger partial charge in [0.15, 0.2) is 0 Å². The molecule has 0 aromatic heterocycles. The number of nitrogens with zero attached hydrogens (tertiary/aromatic N) is 2. The van der Waals surface area contributed by atoms with Crippen LogP contribution in [0.15, 0.2) is 30.3 Å². The second kappa shape index (κ2) is 8.64. The number of piperidine rings is 1. The molecule has 2 amide bonds. The highest BCUT2D eigenvalue weighted by atomic mass is 16.2. The maximum absolute atomic E-state index is 12.5. The SMILES string of the molecule is CNC(=O)C1CN(C(C)C(=O)NC2CCN(Cc3ccccc3)CC2)C1. The van der Waals surface area contributed by atoms with Crippen molar-refractivity contribution in [3.05, 3.63) is 35.9 Å². The first-order valence-electron chi connectivity index (χ1n) is 9.59. The van der Waals surface area contributed by atoms with Crippen LogP contribution in [0, 0.1) is 5.92 Å². The van der Waals surface area contributed by atoms with Crippen LogP contribution in [-0.4, -0.2) is 66.9 Å². The number of nitrogens with one attached hydrogen (secondary N) is 2. The van der Waals surface area contributed by atoms with E-state index in [0.717, 1.165) is 32.5 Å². The van der Waals surface area contributed by atoms with Crippen LogP contribution in [0.4, 0.5) is 0 Å².